The summed E-state index contributed by atoms with van der Waals surface area (Å²) in [5.74, 6) is -1.29. The van der Waals surface area contributed by atoms with Gasteiger partial charge in [-0.2, -0.15) is 0 Å². The summed E-state index contributed by atoms with van der Waals surface area (Å²) < 4.78 is 57.5. The van der Waals surface area contributed by atoms with E-state index < -0.39 is 21.5 Å². The molecule has 1 aliphatic rings. The number of fused-ring (bicyclic) bond motifs is 1. The number of para-hydroxylation sites is 1. The van der Waals surface area contributed by atoms with Crippen LogP contribution in [-0.2, 0) is 16.4 Å². The highest BCUT2D eigenvalue weighted by Gasteiger charge is 2.24. The molecule has 0 amide bonds. The Bertz CT molecular complexity index is 1040. The molecule has 1 aromatic heterocycles. The molecule has 5 nitrogen and oxygen atoms in total. The molecule has 0 bridgehead atoms. The second-order valence-electron chi connectivity index (χ2n) is 6.35. The van der Waals surface area contributed by atoms with Crippen LogP contribution in [0.25, 0.3) is 22.2 Å². The fraction of sp³-hybridized carbons (Fsp3) is 0.278. The molecule has 8 heteroatoms. The highest BCUT2D eigenvalue weighted by molar-refractivity contribution is 7.91. The summed E-state index contributed by atoms with van der Waals surface area (Å²) in [6.45, 7) is 0.598. The normalized spacial score (nSPS) is 17.6. The van der Waals surface area contributed by atoms with Crippen molar-refractivity contribution in [3.05, 3.63) is 53.9 Å². The van der Waals surface area contributed by atoms with Crippen molar-refractivity contribution in [3.8, 4) is 11.1 Å². The van der Waals surface area contributed by atoms with E-state index in [-0.39, 0.29) is 36.7 Å². The van der Waals surface area contributed by atoms with Crippen molar-refractivity contribution in [3.63, 3.8) is 0 Å². The van der Waals surface area contributed by atoms with Gasteiger partial charge in [0.05, 0.1) is 11.5 Å². The summed E-state index contributed by atoms with van der Waals surface area (Å²) in [5, 5.41) is 0. The third kappa shape index (κ3) is 3.22. The summed E-state index contributed by atoms with van der Waals surface area (Å²) in [6.07, 6.45) is 1.29. The summed E-state index contributed by atoms with van der Waals surface area (Å²) in [7, 11) is -3.03. The maximum Gasteiger partial charge on any atom is 0.182 e. The number of aromatic nitrogens is 1. The molecule has 26 heavy (non-hydrogen) atoms. The number of rotatable bonds is 3. The summed E-state index contributed by atoms with van der Waals surface area (Å²) in [4.78, 5) is 5.80. The molecule has 2 heterocycles. The zero-order valence-electron chi connectivity index (χ0n) is 13.8. The van der Waals surface area contributed by atoms with E-state index >= 15 is 0 Å². The first-order valence-corrected chi connectivity index (χ1v) is 9.98. The zero-order valence-corrected chi connectivity index (χ0v) is 14.6. The molecule has 0 radical (unpaired) electrons. The van der Waals surface area contributed by atoms with Crippen LogP contribution in [0.2, 0.25) is 0 Å². The van der Waals surface area contributed by atoms with Crippen molar-refractivity contribution >= 4 is 20.9 Å². The molecular formula is C18H16F2N2O3S. The smallest absolute Gasteiger partial charge is 0.182 e. The molecule has 2 aromatic carbocycles. The van der Waals surface area contributed by atoms with E-state index in [4.69, 9.17) is 4.42 Å². The Morgan fingerprint density at radius 1 is 1.12 bits per heavy atom. The minimum absolute atomic E-state index is 0.0157. The molecule has 3 aromatic rings. The van der Waals surface area contributed by atoms with Gasteiger partial charge in [-0.25, -0.2) is 22.2 Å². The average molecular weight is 378 g/mol. The van der Waals surface area contributed by atoms with E-state index in [1.54, 1.807) is 23.1 Å². The second kappa shape index (κ2) is 6.44. The largest absolute Gasteiger partial charge is 0.443 e. The number of benzene rings is 2. The van der Waals surface area contributed by atoms with E-state index in [9.17, 15) is 17.2 Å². The van der Waals surface area contributed by atoms with Crippen molar-refractivity contribution in [2.75, 3.05) is 24.6 Å². The van der Waals surface area contributed by atoms with E-state index in [1.165, 1.54) is 18.5 Å². The van der Waals surface area contributed by atoms with Crippen LogP contribution < -0.4 is 0 Å². The third-order valence-corrected chi connectivity index (χ3v) is 6.24. The maximum atomic E-state index is 14.6. The number of oxazole rings is 1. The van der Waals surface area contributed by atoms with Gasteiger partial charge in [0.2, 0.25) is 0 Å². The first kappa shape index (κ1) is 17.1. The maximum absolute atomic E-state index is 14.6. The lowest BCUT2D eigenvalue weighted by Crippen LogP contribution is -2.40. The minimum Gasteiger partial charge on any atom is -0.443 e. The molecule has 0 N–H and O–H groups in total. The summed E-state index contributed by atoms with van der Waals surface area (Å²) in [5.41, 5.74) is 1.96. The fourth-order valence-electron chi connectivity index (χ4n) is 3.16. The lowest BCUT2D eigenvalue weighted by atomic mass is 10.0. The van der Waals surface area contributed by atoms with Crippen molar-refractivity contribution in [1.82, 2.24) is 9.88 Å². The van der Waals surface area contributed by atoms with Crippen LogP contribution in [0.4, 0.5) is 8.78 Å². The Kier molecular flexibility index (Phi) is 4.24. The Morgan fingerprint density at radius 2 is 1.81 bits per heavy atom. The van der Waals surface area contributed by atoms with Crippen molar-refractivity contribution in [2.24, 2.45) is 0 Å². The molecule has 0 unspecified atom stereocenters. The molecular weight excluding hydrogens is 362 g/mol. The molecule has 0 spiro atoms. The topological polar surface area (TPSA) is 63.4 Å². The highest BCUT2D eigenvalue weighted by atomic mass is 32.2. The molecule has 1 aliphatic heterocycles. The standard InChI is InChI=1S/C18H16F2N2O3S/c19-15-8-12(13-2-1-3-17-18(13)25-11-21-17)9-16(20)14(15)10-22-4-6-26(23,24)7-5-22/h1-3,8-9,11H,4-7,10H2. The quantitative estimate of drug-likeness (QED) is 0.701. The van der Waals surface area contributed by atoms with Crippen LogP contribution in [0.1, 0.15) is 5.56 Å². The summed E-state index contributed by atoms with van der Waals surface area (Å²) in [6, 6.07) is 7.77. The SMILES string of the molecule is O=S1(=O)CCN(Cc2c(F)cc(-c3cccc4ncoc34)cc2F)CC1. The van der Waals surface area contributed by atoms with Gasteiger partial charge in [0, 0.05) is 30.8 Å². The molecule has 1 saturated heterocycles. The van der Waals surface area contributed by atoms with Gasteiger partial charge < -0.3 is 4.42 Å². The fourth-order valence-corrected chi connectivity index (χ4v) is 4.43. The first-order valence-electron chi connectivity index (χ1n) is 8.16. The molecule has 0 atom stereocenters. The molecule has 0 saturated carbocycles. The Hall–Kier alpha value is -2.32. The van der Waals surface area contributed by atoms with Gasteiger partial charge >= 0.3 is 0 Å². The number of nitrogens with zero attached hydrogens (tertiary/aromatic N) is 2. The van der Waals surface area contributed by atoms with E-state index in [0.717, 1.165) is 0 Å². The number of hydrogen-bond donors (Lipinski definition) is 0. The molecule has 1 fully saturated rings. The Morgan fingerprint density at radius 3 is 2.50 bits per heavy atom. The van der Waals surface area contributed by atoms with Crippen LogP contribution in [-0.4, -0.2) is 42.9 Å². The van der Waals surface area contributed by atoms with Gasteiger partial charge in [-0.15, -0.1) is 0 Å². The first-order chi connectivity index (χ1) is 12.4. The van der Waals surface area contributed by atoms with Crippen molar-refractivity contribution < 1.29 is 21.6 Å². The Labute approximate surface area is 149 Å². The molecule has 4 rings (SSSR count). The average Bonchev–Trinajstić information content (AvgIpc) is 3.08. The van der Waals surface area contributed by atoms with Crippen LogP contribution in [0.3, 0.4) is 0 Å². The van der Waals surface area contributed by atoms with E-state index in [1.807, 2.05) is 0 Å². The monoisotopic (exact) mass is 378 g/mol. The van der Waals surface area contributed by atoms with E-state index in [2.05, 4.69) is 4.98 Å². The van der Waals surface area contributed by atoms with Crippen LogP contribution in [0.15, 0.2) is 41.1 Å². The van der Waals surface area contributed by atoms with Gasteiger partial charge in [-0.1, -0.05) is 12.1 Å². The van der Waals surface area contributed by atoms with E-state index in [0.29, 0.717) is 22.2 Å². The van der Waals surface area contributed by atoms with Crippen molar-refractivity contribution in [2.45, 2.75) is 6.54 Å². The predicted octanol–water partition coefficient (Wildman–Crippen LogP) is 3.00. The van der Waals surface area contributed by atoms with Gasteiger partial charge in [0.15, 0.2) is 21.8 Å². The predicted molar refractivity (Wildman–Crippen MR) is 93.3 cm³/mol. The minimum atomic E-state index is -3.03. The van der Waals surface area contributed by atoms with Gasteiger partial charge in [0.25, 0.3) is 0 Å². The van der Waals surface area contributed by atoms with Crippen LogP contribution in [0, 0.1) is 11.6 Å². The number of sulfone groups is 1. The van der Waals surface area contributed by atoms with Gasteiger partial charge in [0.1, 0.15) is 17.2 Å². The lowest BCUT2D eigenvalue weighted by Gasteiger charge is -2.26. The second-order valence-corrected chi connectivity index (χ2v) is 8.66. The third-order valence-electron chi connectivity index (χ3n) is 4.63. The van der Waals surface area contributed by atoms with Crippen molar-refractivity contribution in [1.29, 1.82) is 0 Å². The lowest BCUT2D eigenvalue weighted by molar-refractivity contribution is 0.278. The number of halogens is 2. The Balaban J connectivity index is 1.64. The molecule has 136 valence electrons. The summed E-state index contributed by atoms with van der Waals surface area (Å²) >= 11 is 0. The van der Waals surface area contributed by atoms with Gasteiger partial charge in [-0.05, 0) is 23.8 Å². The van der Waals surface area contributed by atoms with Gasteiger partial charge in [-0.3, -0.25) is 4.90 Å². The van der Waals surface area contributed by atoms with Crippen LogP contribution >= 0.6 is 0 Å². The highest BCUT2D eigenvalue weighted by Crippen LogP contribution is 2.31. The number of hydrogen-bond acceptors (Lipinski definition) is 5. The van der Waals surface area contributed by atoms with Crippen LogP contribution in [0.5, 0.6) is 0 Å². The molecule has 0 aliphatic carbocycles. The zero-order chi connectivity index (χ0) is 18.3.